The zero-order valence-electron chi connectivity index (χ0n) is 37.2. The second-order valence-corrected chi connectivity index (χ2v) is 29.2. The number of rotatable bonds is 13. The van der Waals surface area contributed by atoms with Crippen molar-refractivity contribution in [1.82, 2.24) is 0 Å². The van der Waals surface area contributed by atoms with Gasteiger partial charge in [-0.05, 0) is 74.4 Å². The van der Waals surface area contributed by atoms with E-state index < -0.39 is 28.3 Å². The molecule has 8 rings (SSSR count). The predicted octanol–water partition coefficient (Wildman–Crippen LogP) is 9.68. The van der Waals surface area contributed by atoms with Crippen LogP contribution in [0.4, 0.5) is 0 Å². The van der Waals surface area contributed by atoms with Gasteiger partial charge < -0.3 is 18.3 Å². The molecule has 1 aliphatic carbocycles. The first-order valence-electron chi connectivity index (χ1n) is 22.4. The Kier molecular flexibility index (Phi) is 11.5. The van der Waals surface area contributed by atoms with Crippen molar-refractivity contribution < 1.29 is 23.1 Å². The Bertz CT molecular complexity index is 2090. The first-order valence-corrected chi connectivity index (χ1v) is 26.2. The summed E-state index contributed by atoms with van der Waals surface area (Å²) in [5.41, 5.74) is 1.00. The maximum absolute atomic E-state index is 14.0. The predicted molar refractivity (Wildman–Crippen MR) is 249 cm³/mol. The molecule has 3 heterocycles. The molecule has 3 aliphatic heterocycles. The fourth-order valence-corrected chi connectivity index (χ4v) is 21.3. The summed E-state index contributed by atoms with van der Waals surface area (Å²) in [6.07, 6.45) is 6.47. The van der Waals surface area contributed by atoms with Crippen molar-refractivity contribution >= 4 is 43.4 Å². The Labute approximate surface area is 361 Å². The lowest BCUT2D eigenvalue weighted by molar-refractivity contribution is -0.153. The molecule has 0 N–H and O–H groups in total. The van der Waals surface area contributed by atoms with Crippen LogP contribution in [0.25, 0.3) is 0 Å². The van der Waals surface area contributed by atoms with E-state index in [-0.39, 0.29) is 39.6 Å². The molecule has 2 saturated heterocycles. The van der Waals surface area contributed by atoms with E-state index in [1.54, 1.807) is 0 Å². The molecule has 7 heteroatoms. The molecule has 5 nitrogen and oxygen atoms in total. The van der Waals surface area contributed by atoms with E-state index in [0.717, 1.165) is 43.3 Å². The van der Waals surface area contributed by atoms with Gasteiger partial charge in [0.05, 0.1) is 12.2 Å². The Morgan fingerprint density at radius 2 is 1.23 bits per heavy atom. The van der Waals surface area contributed by atoms with Gasteiger partial charge in [0.1, 0.15) is 5.60 Å². The summed E-state index contributed by atoms with van der Waals surface area (Å²) in [6.45, 7) is 23.6. The fourth-order valence-electron chi connectivity index (χ4n) is 12.1. The second kappa shape index (κ2) is 16.1. The Morgan fingerprint density at radius 1 is 0.750 bits per heavy atom. The average molecular weight is 839 g/mol. The Hall–Kier alpha value is -3.86. The van der Waals surface area contributed by atoms with Gasteiger partial charge >= 0.3 is 5.97 Å². The number of hydrogen-bond donors (Lipinski definition) is 0. The molecule has 0 radical (unpaired) electrons. The van der Waals surface area contributed by atoms with E-state index in [1.807, 2.05) is 0 Å². The van der Waals surface area contributed by atoms with Crippen LogP contribution in [-0.4, -0.2) is 53.1 Å². The van der Waals surface area contributed by atoms with E-state index in [0.29, 0.717) is 18.9 Å². The van der Waals surface area contributed by atoms with Crippen molar-refractivity contribution in [2.45, 2.75) is 128 Å². The quantitative estimate of drug-likeness (QED) is 0.0582. The largest absolute Gasteiger partial charge is 0.451 e. The molecule has 4 aliphatic rings. The first-order chi connectivity index (χ1) is 28.6. The highest BCUT2D eigenvalue weighted by Gasteiger charge is 2.72. The number of ether oxygens (including phenoxy) is 2. The van der Waals surface area contributed by atoms with Gasteiger partial charge in [0, 0.05) is 29.9 Å². The van der Waals surface area contributed by atoms with Crippen molar-refractivity contribution in [3.63, 3.8) is 0 Å². The lowest BCUT2D eigenvalue weighted by atomic mass is 9.60. The number of carbonyl (C=O) groups excluding carboxylic acids is 1. The van der Waals surface area contributed by atoms with Gasteiger partial charge in [-0.25, -0.2) is 4.79 Å². The second-order valence-electron chi connectivity index (χ2n) is 20.6. The van der Waals surface area contributed by atoms with Crippen LogP contribution in [-0.2, 0) is 23.1 Å². The van der Waals surface area contributed by atoms with E-state index in [9.17, 15) is 4.79 Å². The highest BCUT2D eigenvalue weighted by atomic mass is 28.4. The Morgan fingerprint density at radius 3 is 1.70 bits per heavy atom. The lowest BCUT2D eigenvalue weighted by Crippen LogP contribution is -2.69. The number of fused-ring (bicyclic) bond motifs is 2. The molecule has 2 bridgehead atoms. The van der Waals surface area contributed by atoms with Gasteiger partial charge in [0.15, 0.2) is 6.10 Å². The smallest absolute Gasteiger partial charge is 0.334 e. The summed E-state index contributed by atoms with van der Waals surface area (Å²) in [5, 5.41) is 4.88. The Balaban J connectivity index is 1.03. The lowest BCUT2D eigenvalue weighted by Gasteiger charge is -2.49. The summed E-state index contributed by atoms with van der Waals surface area (Å²) < 4.78 is 29.0. The van der Waals surface area contributed by atoms with Gasteiger partial charge in [0.25, 0.3) is 16.6 Å². The number of hydrogen-bond acceptors (Lipinski definition) is 5. The van der Waals surface area contributed by atoms with Crippen LogP contribution in [0, 0.1) is 17.3 Å². The number of esters is 1. The molecule has 0 unspecified atom stereocenters. The summed E-state index contributed by atoms with van der Waals surface area (Å²) in [4.78, 5) is 14.0. The maximum atomic E-state index is 14.0. The topological polar surface area (TPSA) is 54.0 Å². The highest BCUT2D eigenvalue weighted by molar-refractivity contribution is 7.00. The molecule has 0 aromatic heterocycles. The third-order valence-electron chi connectivity index (χ3n) is 14.7. The molecular formula is C53H66O5Si2. The number of cyclic esters (lactones) is 1. The van der Waals surface area contributed by atoms with Crippen LogP contribution in [0.15, 0.2) is 145 Å². The van der Waals surface area contributed by atoms with Gasteiger partial charge in [0.2, 0.25) is 0 Å². The molecule has 60 heavy (non-hydrogen) atoms. The van der Waals surface area contributed by atoms with Crippen molar-refractivity contribution in [2.75, 3.05) is 6.61 Å². The van der Waals surface area contributed by atoms with E-state index in [4.69, 9.17) is 18.3 Å². The van der Waals surface area contributed by atoms with Gasteiger partial charge in [-0.1, -0.05) is 183 Å². The van der Waals surface area contributed by atoms with E-state index >= 15 is 0 Å². The summed E-state index contributed by atoms with van der Waals surface area (Å²) >= 11 is 0. The van der Waals surface area contributed by atoms with Crippen LogP contribution in [0.2, 0.25) is 10.1 Å². The molecule has 2 fully saturated rings. The zero-order chi connectivity index (χ0) is 42.6. The molecule has 0 amide bonds. The summed E-state index contributed by atoms with van der Waals surface area (Å²) in [7, 11) is -5.49. The first kappa shape index (κ1) is 42.8. The van der Waals surface area contributed by atoms with Crippen molar-refractivity contribution in [2.24, 2.45) is 17.3 Å². The molecule has 0 saturated carbocycles. The molecule has 0 spiro atoms. The van der Waals surface area contributed by atoms with Crippen LogP contribution >= 0.6 is 0 Å². The third kappa shape index (κ3) is 6.97. The van der Waals surface area contributed by atoms with Crippen LogP contribution in [0.5, 0.6) is 0 Å². The maximum Gasteiger partial charge on any atom is 0.334 e. The van der Waals surface area contributed by atoms with Gasteiger partial charge in [-0.2, -0.15) is 0 Å². The SMILES string of the molecule is C=C[C@H]1C(C)(C)[C@H]2O[C@]1([C@H]1OC(=O)C3=C1CC[C@@H](CCCO[Si](c1ccccc1)(c1ccccc1)C(C)(C)C)C3)C[C@@H]2O[Si](c1ccccc1)(c1ccccc1)C(C)(C)C. The minimum absolute atomic E-state index is 0.00463. The molecule has 6 atom stereocenters. The summed E-state index contributed by atoms with van der Waals surface area (Å²) in [5.74, 6) is 0.227. The average Bonchev–Trinajstić information content (AvgIpc) is 3.85. The fraction of sp³-hybridized carbons (Fsp3) is 0.453. The van der Waals surface area contributed by atoms with E-state index in [1.165, 1.54) is 20.7 Å². The van der Waals surface area contributed by atoms with E-state index in [2.05, 4.69) is 189 Å². The van der Waals surface area contributed by atoms with Crippen molar-refractivity contribution in [3.8, 4) is 0 Å². The number of carbonyl (C=O) groups is 1. The standard InChI is InChI=1S/C53H66O5Si2/c1-10-46-52(8,9)48-45(58-60(51(5,6)7,41-29-19-13-20-30-41)42-31-21-14-22-32-42)37-53(46,57-48)47-43-34-33-38(36-44(43)49(54)56-47)24-23-35-55-59(50(2,3)4,39-25-15-11-16-26-39)40-27-17-12-18-28-40/h10-22,25-32,38,45-48H,1,23-24,33-37H2,2-9H3/t38-,45+,46+,47+,48+,53-/m1/s1. The molecule has 4 aromatic rings. The van der Waals surface area contributed by atoms with Crippen LogP contribution in [0.3, 0.4) is 0 Å². The van der Waals surface area contributed by atoms with Crippen LogP contribution < -0.4 is 20.7 Å². The van der Waals surface area contributed by atoms with Crippen molar-refractivity contribution in [3.05, 3.63) is 145 Å². The zero-order valence-corrected chi connectivity index (χ0v) is 39.2. The van der Waals surface area contributed by atoms with Crippen molar-refractivity contribution in [1.29, 1.82) is 0 Å². The minimum atomic E-state index is -2.89. The molecule has 4 aromatic carbocycles. The normalized spacial score (nSPS) is 26.5. The molecule has 316 valence electrons. The monoisotopic (exact) mass is 838 g/mol. The minimum Gasteiger partial charge on any atom is -0.451 e. The summed E-state index contributed by atoms with van der Waals surface area (Å²) in [6, 6.07) is 43.5. The third-order valence-corrected chi connectivity index (χ3v) is 24.8. The van der Waals surface area contributed by atoms with Gasteiger partial charge in [-0.15, -0.1) is 6.58 Å². The number of benzene rings is 4. The van der Waals surface area contributed by atoms with Gasteiger partial charge in [-0.3, -0.25) is 0 Å². The highest BCUT2D eigenvalue weighted by Crippen LogP contribution is 2.64. The molecular weight excluding hydrogens is 773 g/mol. The van der Waals surface area contributed by atoms with Crippen LogP contribution in [0.1, 0.15) is 93.9 Å².